The molecule has 2 aromatic heterocycles. The van der Waals surface area contributed by atoms with E-state index < -0.39 is 0 Å². The van der Waals surface area contributed by atoms with Gasteiger partial charge < -0.3 is 16.0 Å². The number of thioether (sulfide) groups is 1. The van der Waals surface area contributed by atoms with Crippen molar-refractivity contribution in [3.05, 3.63) is 36.3 Å². The van der Waals surface area contributed by atoms with Crippen molar-refractivity contribution in [2.24, 2.45) is 16.7 Å². The predicted molar refractivity (Wildman–Crippen MR) is 62.3 cm³/mol. The topological polar surface area (TPSA) is 81.7 Å². The van der Waals surface area contributed by atoms with E-state index in [1.807, 2.05) is 35.0 Å². The molecule has 78 valence electrons. The fourth-order valence-electron chi connectivity index (χ4n) is 1.24. The second-order valence-electron chi connectivity index (χ2n) is 2.95. The van der Waals surface area contributed by atoms with E-state index in [1.54, 1.807) is 0 Å². The van der Waals surface area contributed by atoms with E-state index in [0.717, 1.165) is 11.3 Å². The Bertz CT molecular complexity index is 457. The van der Waals surface area contributed by atoms with E-state index in [0.29, 0.717) is 10.9 Å². The highest BCUT2D eigenvalue weighted by Gasteiger charge is 2.01. The maximum atomic E-state index is 5.47. The molecule has 0 radical (unpaired) electrons. The van der Waals surface area contributed by atoms with Crippen LogP contribution in [0, 0.1) is 0 Å². The van der Waals surface area contributed by atoms with Crippen LogP contribution in [0.2, 0.25) is 0 Å². The molecule has 15 heavy (non-hydrogen) atoms. The minimum atomic E-state index is 0.368. The fourth-order valence-corrected chi connectivity index (χ4v) is 1.75. The highest BCUT2D eigenvalue weighted by atomic mass is 32.2. The zero-order valence-electron chi connectivity index (χ0n) is 8.00. The van der Waals surface area contributed by atoms with E-state index in [1.165, 1.54) is 11.8 Å². The lowest BCUT2D eigenvalue weighted by molar-refractivity contribution is 1.18. The van der Waals surface area contributed by atoms with E-state index in [2.05, 4.69) is 10.1 Å². The summed E-state index contributed by atoms with van der Waals surface area (Å²) in [6, 6.07) is 5.87. The highest BCUT2D eigenvalue weighted by Crippen LogP contribution is 2.12. The van der Waals surface area contributed by atoms with Gasteiger partial charge in [0.2, 0.25) is 0 Å². The molecule has 0 aliphatic heterocycles. The van der Waals surface area contributed by atoms with Crippen LogP contribution in [-0.2, 0) is 5.75 Å². The molecule has 2 aromatic rings. The van der Waals surface area contributed by atoms with Crippen molar-refractivity contribution in [1.29, 1.82) is 0 Å². The van der Waals surface area contributed by atoms with Crippen molar-refractivity contribution >= 4 is 22.6 Å². The number of fused-ring (bicyclic) bond motifs is 1. The van der Waals surface area contributed by atoms with Gasteiger partial charge in [-0.25, -0.2) is 4.98 Å². The first kappa shape index (κ1) is 9.85. The number of imidazole rings is 1. The molecule has 0 aromatic carbocycles. The van der Waals surface area contributed by atoms with Crippen LogP contribution in [0.25, 0.3) is 5.65 Å². The Balaban J connectivity index is 2.15. The van der Waals surface area contributed by atoms with Crippen molar-refractivity contribution < 1.29 is 0 Å². The lowest BCUT2D eigenvalue weighted by atomic mass is 10.5. The number of hydrogen-bond donors (Lipinski definition) is 2. The minimum absolute atomic E-state index is 0.368. The van der Waals surface area contributed by atoms with Crippen LogP contribution < -0.4 is 11.6 Å². The van der Waals surface area contributed by atoms with Crippen molar-refractivity contribution in [1.82, 2.24) is 9.38 Å². The van der Waals surface area contributed by atoms with Crippen LogP contribution in [0.15, 0.2) is 35.7 Å². The minimum Gasteiger partial charge on any atom is -0.377 e. The SMILES string of the molecule is NN=C(N)SCc1cn2ccccc2n1. The molecule has 0 unspecified atom stereocenters. The molecule has 0 fully saturated rings. The average molecular weight is 221 g/mol. The van der Waals surface area contributed by atoms with E-state index in [4.69, 9.17) is 11.6 Å². The number of amidine groups is 1. The maximum absolute atomic E-state index is 5.47. The number of hydrogen-bond acceptors (Lipinski definition) is 4. The lowest BCUT2D eigenvalue weighted by Gasteiger charge is -1.94. The number of hydrazone groups is 1. The summed E-state index contributed by atoms with van der Waals surface area (Å²) in [5.74, 6) is 5.70. The van der Waals surface area contributed by atoms with Gasteiger partial charge in [0.1, 0.15) is 5.65 Å². The molecule has 0 atom stereocenters. The van der Waals surface area contributed by atoms with Gasteiger partial charge in [0.15, 0.2) is 5.17 Å². The molecule has 0 aliphatic carbocycles. The van der Waals surface area contributed by atoms with Crippen LogP contribution in [0.5, 0.6) is 0 Å². The third-order valence-corrected chi connectivity index (χ3v) is 2.75. The summed E-state index contributed by atoms with van der Waals surface area (Å²) in [6.07, 6.45) is 3.92. The maximum Gasteiger partial charge on any atom is 0.177 e. The Kier molecular flexibility index (Phi) is 2.77. The summed E-state index contributed by atoms with van der Waals surface area (Å²) >= 11 is 1.37. The Morgan fingerprint density at radius 2 is 2.40 bits per heavy atom. The van der Waals surface area contributed by atoms with Gasteiger partial charge in [-0.05, 0) is 12.1 Å². The van der Waals surface area contributed by atoms with Gasteiger partial charge in [0, 0.05) is 18.1 Å². The van der Waals surface area contributed by atoms with Crippen LogP contribution in [0.3, 0.4) is 0 Å². The van der Waals surface area contributed by atoms with Gasteiger partial charge in [0.25, 0.3) is 0 Å². The van der Waals surface area contributed by atoms with E-state index in [9.17, 15) is 0 Å². The number of nitrogens with zero attached hydrogens (tertiary/aromatic N) is 3. The van der Waals surface area contributed by atoms with Crippen LogP contribution >= 0.6 is 11.8 Å². The van der Waals surface area contributed by atoms with E-state index >= 15 is 0 Å². The van der Waals surface area contributed by atoms with Crippen LogP contribution in [-0.4, -0.2) is 14.6 Å². The quantitative estimate of drug-likeness (QED) is 0.339. The van der Waals surface area contributed by atoms with Crippen molar-refractivity contribution in [3.63, 3.8) is 0 Å². The molecule has 4 N–H and O–H groups in total. The normalized spacial score (nSPS) is 12.1. The molecule has 2 heterocycles. The summed E-state index contributed by atoms with van der Waals surface area (Å²) in [4.78, 5) is 4.41. The molecule has 0 aliphatic rings. The molecule has 0 spiro atoms. The second-order valence-corrected chi connectivity index (χ2v) is 3.95. The monoisotopic (exact) mass is 221 g/mol. The molecule has 6 heteroatoms. The first-order valence-corrected chi connectivity index (χ1v) is 5.37. The highest BCUT2D eigenvalue weighted by molar-refractivity contribution is 8.13. The smallest absolute Gasteiger partial charge is 0.177 e. The summed E-state index contributed by atoms with van der Waals surface area (Å²) in [7, 11) is 0. The Morgan fingerprint density at radius 1 is 1.53 bits per heavy atom. The van der Waals surface area contributed by atoms with Crippen molar-refractivity contribution in [2.45, 2.75) is 5.75 Å². The first-order chi connectivity index (χ1) is 7.29. The zero-order chi connectivity index (χ0) is 10.7. The molecule has 2 rings (SSSR count). The summed E-state index contributed by atoms with van der Waals surface area (Å²) in [5.41, 5.74) is 7.35. The summed E-state index contributed by atoms with van der Waals surface area (Å²) < 4.78 is 1.96. The largest absolute Gasteiger partial charge is 0.377 e. The average Bonchev–Trinajstić information content (AvgIpc) is 2.68. The third kappa shape index (κ3) is 2.21. The molecule has 0 amide bonds. The molecule has 0 saturated heterocycles. The zero-order valence-corrected chi connectivity index (χ0v) is 8.81. The number of rotatable bonds is 2. The molecular weight excluding hydrogens is 210 g/mol. The summed E-state index contributed by atoms with van der Waals surface area (Å²) in [6.45, 7) is 0. The van der Waals surface area contributed by atoms with E-state index in [-0.39, 0.29) is 0 Å². The van der Waals surface area contributed by atoms with Gasteiger partial charge in [-0.2, -0.15) is 5.10 Å². The predicted octanol–water partition coefficient (Wildman–Crippen LogP) is 0.756. The fraction of sp³-hybridized carbons (Fsp3) is 0.111. The van der Waals surface area contributed by atoms with Crippen molar-refractivity contribution in [2.75, 3.05) is 0 Å². The molecule has 0 bridgehead atoms. The standard InChI is InChI=1S/C9H11N5S/c10-9(13-11)15-6-7-5-14-4-2-1-3-8(14)12-7/h1-5H,6,11H2,(H2,10,13). The number of pyridine rings is 1. The molecule has 5 nitrogen and oxygen atoms in total. The number of aromatic nitrogens is 2. The second kappa shape index (κ2) is 4.22. The number of nitrogens with two attached hydrogens (primary N) is 2. The Morgan fingerprint density at radius 3 is 3.13 bits per heavy atom. The van der Waals surface area contributed by atoms with Gasteiger partial charge in [-0.3, -0.25) is 0 Å². The van der Waals surface area contributed by atoms with Crippen LogP contribution in [0.4, 0.5) is 0 Å². The van der Waals surface area contributed by atoms with Gasteiger partial charge in [-0.15, -0.1) is 0 Å². The lowest BCUT2D eigenvalue weighted by Crippen LogP contribution is -2.09. The first-order valence-electron chi connectivity index (χ1n) is 4.38. The van der Waals surface area contributed by atoms with Gasteiger partial charge >= 0.3 is 0 Å². The van der Waals surface area contributed by atoms with Gasteiger partial charge in [0.05, 0.1) is 5.69 Å². The van der Waals surface area contributed by atoms with Crippen LogP contribution in [0.1, 0.15) is 5.69 Å². The molecular formula is C9H11N5S. The Hall–Kier alpha value is -1.69. The van der Waals surface area contributed by atoms with Crippen molar-refractivity contribution in [3.8, 4) is 0 Å². The summed E-state index contributed by atoms with van der Waals surface area (Å²) in [5, 5.41) is 3.75. The molecule has 0 saturated carbocycles. The Labute approximate surface area is 91.2 Å². The third-order valence-electron chi connectivity index (χ3n) is 1.91. The van der Waals surface area contributed by atoms with Gasteiger partial charge in [-0.1, -0.05) is 17.8 Å².